The number of nitrogen functional groups attached to an aromatic ring is 1. The Labute approximate surface area is 124 Å². The van der Waals surface area contributed by atoms with Crippen LogP contribution in [0.4, 0.5) is 11.9 Å². The summed E-state index contributed by atoms with van der Waals surface area (Å²) >= 11 is 0. The van der Waals surface area contributed by atoms with E-state index in [-0.39, 0.29) is 6.10 Å². The monoisotopic (exact) mass is 293 g/mol. The molecule has 1 aromatic rings. The molecule has 0 amide bonds. The maximum absolute atomic E-state index is 5.56. The predicted molar refractivity (Wildman–Crippen MR) is 80.2 cm³/mol. The zero-order chi connectivity index (χ0) is 14.8. The summed E-state index contributed by atoms with van der Waals surface area (Å²) in [7, 11) is 0. The number of hydrogen-bond donors (Lipinski definition) is 2. The van der Waals surface area contributed by atoms with Gasteiger partial charge in [-0.2, -0.15) is 15.0 Å². The van der Waals surface area contributed by atoms with Crippen LogP contribution in [0.15, 0.2) is 0 Å². The number of hydrogen-bond acceptors (Lipinski definition) is 8. The first-order chi connectivity index (χ1) is 10.2. The number of piperazine rings is 1. The Morgan fingerprint density at radius 2 is 1.86 bits per heavy atom. The largest absolute Gasteiger partial charge is 0.461 e. The molecule has 0 unspecified atom stereocenters. The average Bonchev–Trinajstić information content (AvgIpc) is 3.31. The van der Waals surface area contributed by atoms with Gasteiger partial charge in [-0.05, 0) is 26.7 Å². The Morgan fingerprint density at radius 1 is 1.14 bits per heavy atom. The highest BCUT2D eigenvalue weighted by atomic mass is 16.5. The summed E-state index contributed by atoms with van der Waals surface area (Å²) in [6, 6.07) is 1.12. The Bertz CT molecular complexity index is 483. The topological polar surface area (TPSA) is 92.4 Å². The van der Waals surface area contributed by atoms with Gasteiger partial charge >= 0.3 is 6.01 Å². The van der Waals surface area contributed by atoms with E-state index in [9.17, 15) is 0 Å². The molecule has 3 N–H and O–H groups in total. The van der Waals surface area contributed by atoms with E-state index < -0.39 is 0 Å². The van der Waals surface area contributed by atoms with E-state index in [2.05, 4.69) is 30.2 Å². The van der Waals surface area contributed by atoms with E-state index in [1.807, 2.05) is 13.8 Å². The average molecular weight is 293 g/mol. The minimum atomic E-state index is 0.0117. The van der Waals surface area contributed by atoms with Gasteiger partial charge < -0.3 is 9.64 Å². The van der Waals surface area contributed by atoms with E-state index in [1.165, 1.54) is 12.8 Å². The molecule has 0 atom stereocenters. The molecule has 3 rings (SSSR count). The second-order valence-electron chi connectivity index (χ2n) is 5.81. The van der Waals surface area contributed by atoms with E-state index >= 15 is 0 Å². The third-order valence-electron chi connectivity index (χ3n) is 3.73. The highest BCUT2D eigenvalue weighted by Gasteiger charge is 2.31. The van der Waals surface area contributed by atoms with E-state index in [0.717, 1.165) is 32.2 Å². The van der Waals surface area contributed by atoms with Crippen molar-refractivity contribution in [2.45, 2.75) is 38.8 Å². The Hall–Kier alpha value is -1.67. The van der Waals surface area contributed by atoms with E-state index in [1.54, 1.807) is 0 Å². The number of nitrogens with two attached hydrogens (primary N) is 1. The van der Waals surface area contributed by atoms with Crippen molar-refractivity contribution in [3.05, 3.63) is 0 Å². The maximum Gasteiger partial charge on any atom is 0.323 e. The van der Waals surface area contributed by atoms with Gasteiger partial charge in [-0.15, -0.1) is 0 Å². The molecule has 2 fully saturated rings. The first kappa shape index (κ1) is 14.3. The summed E-state index contributed by atoms with van der Waals surface area (Å²) in [4.78, 5) is 17.6. The molecule has 1 aromatic heterocycles. The molecule has 8 nitrogen and oxygen atoms in total. The lowest BCUT2D eigenvalue weighted by atomic mass is 10.3. The van der Waals surface area contributed by atoms with Crippen molar-refractivity contribution in [2.75, 3.05) is 36.5 Å². The van der Waals surface area contributed by atoms with Crippen molar-refractivity contribution in [3.63, 3.8) is 0 Å². The van der Waals surface area contributed by atoms with Gasteiger partial charge in [0, 0.05) is 32.2 Å². The SMILES string of the molecule is CC(C)Oc1nc(NN)nc(N2CCN(C3CC3)CC2)n1. The van der Waals surface area contributed by atoms with Crippen LogP contribution in [0.1, 0.15) is 26.7 Å². The molecule has 2 heterocycles. The summed E-state index contributed by atoms with van der Waals surface area (Å²) in [5.74, 6) is 6.40. The molecule has 0 bridgehead atoms. The lowest BCUT2D eigenvalue weighted by molar-refractivity contribution is 0.220. The van der Waals surface area contributed by atoms with Gasteiger partial charge in [0.15, 0.2) is 0 Å². The summed E-state index contributed by atoms with van der Waals surface area (Å²) in [6.45, 7) is 7.84. The lowest BCUT2D eigenvalue weighted by Gasteiger charge is -2.34. The third kappa shape index (κ3) is 3.51. The summed E-state index contributed by atoms with van der Waals surface area (Å²) in [5.41, 5.74) is 2.48. The molecule has 0 radical (unpaired) electrons. The normalized spacial score (nSPS) is 19.9. The molecular formula is C13H23N7O. The highest BCUT2D eigenvalue weighted by molar-refractivity contribution is 5.38. The first-order valence-electron chi connectivity index (χ1n) is 7.54. The molecule has 8 heteroatoms. The Morgan fingerprint density at radius 3 is 2.43 bits per heavy atom. The molecule has 0 spiro atoms. The minimum absolute atomic E-state index is 0.0117. The van der Waals surface area contributed by atoms with Crippen LogP contribution in [-0.4, -0.2) is 58.2 Å². The molecule has 0 aromatic carbocycles. The van der Waals surface area contributed by atoms with Crippen molar-refractivity contribution in [1.29, 1.82) is 0 Å². The van der Waals surface area contributed by atoms with Crippen LogP contribution < -0.4 is 20.9 Å². The number of anilines is 2. The fraction of sp³-hybridized carbons (Fsp3) is 0.769. The molecule has 21 heavy (non-hydrogen) atoms. The van der Waals surface area contributed by atoms with Crippen molar-refractivity contribution in [3.8, 4) is 6.01 Å². The zero-order valence-electron chi connectivity index (χ0n) is 12.6. The van der Waals surface area contributed by atoms with Gasteiger partial charge in [-0.3, -0.25) is 10.3 Å². The van der Waals surface area contributed by atoms with Gasteiger partial charge in [-0.25, -0.2) is 5.84 Å². The Balaban J connectivity index is 1.71. The standard InChI is InChI=1S/C13H23N7O/c1-9(2)21-13-16-11(18-14)15-12(17-13)20-7-5-19(6-8-20)10-3-4-10/h9-10H,3-8,14H2,1-2H3,(H,15,16,17,18). The Kier molecular flexibility index (Phi) is 4.07. The lowest BCUT2D eigenvalue weighted by Crippen LogP contribution is -2.47. The van der Waals surface area contributed by atoms with Crippen LogP contribution in [0, 0.1) is 0 Å². The fourth-order valence-electron chi connectivity index (χ4n) is 2.54. The summed E-state index contributed by atoms with van der Waals surface area (Å²) < 4.78 is 5.56. The van der Waals surface area contributed by atoms with E-state index in [4.69, 9.17) is 10.6 Å². The number of nitrogens with one attached hydrogen (secondary N) is 1. The van der Waals surface area contributed by atoms with Crippen molar-refractivity contribution >= 4 is 11.9 Å². The van der Waals surface area contributed by atoms with Gasteiger partial charge in [0.2, 0.25) is 11.9 Å². The van der Waals surface area contributed by atoms with Crippen LogP contribution >= 0.6 is 0 Å². The van der Waals surface area contributed by atoms with Gasteiger partial charge in [-0.1, -0.05) is 0 Å². The minimum Gasteiger partial charge on any atom is -0.461 e. The smallest absolute Gasteiger partial charge is 0.323 e. The predicted octanol–water partition coefficient (Wildman–Crippen LogP) is 0.229. The van der Waals surface area contributed by atoms with Gasteiger partial charge in [0.05, 0.1) is 6.10 Å². The molecule has 116 valence electrons. The number of hydrazine groups is 1. The number of ether oxygens (including phenoxy) is 1. The molecule has 1 aliphatic heterocycles. The van der Waals surface area contributed by atoms with Crippen LogP contribution in [0.25, 0.3) is 0 Å². The fourth-order valence-corrected chi connectivity index (χ4v) is 2.54. The zero-order valence-corrected chi connectivity index (χ0v) is 12.6. The molecule has 1 aliphatic carbocycles. The maximum atomic E-state index is 5.56. The number of nitrogens with zero attached hydrogens (tertiary/aromatic N) is 5. The van der Waals surface area contributed by atoms with Crippen LogP contribution in [0.3, 0.4) is 0 Å². The van der Waals surface area contributed by atoms with E-state index in [0.29, 0.717) is 17.9 Å². The molecule has 1 saturated carbocycles. The third-order valence-corrected chi connectivity index (χ3v) is 3.73. The van der Waals surface area contributed by atoms with Crippen LogP contribution in [0.2, 0.25) is 0 Å². The first-order valence-corrected chi connectivity index (χ1v) is 7.54. The van der Waals surface area contributed by atoms with Gasteiger partial charge in [0.25, 0.3) is 0 Å². The number of rotatable bonds is 5. The second-order valence-corrected chi connectivity index (χ2v) is 5.81. The summed E-state index contributed by atoms with van der Waals surface area (Å²) in [5, 5.41) is 0. The molecular weight excluding hydrogens is 270 g/mol. The van der Waals surface area contributed by atoms with Gasteiger partial charge in [0.1, 0.15) is 0 Å². The van der Waals surface area contributed by atoms with Crippen molar-refractivity contribution in [1.82, 2.24) is 19.9 Å². The molecule has 2 aliphatic rings. The van der Waals surface area contributed by atoms with Crippen LogP contribution in [-0.2, 0) is 0 Å². The highest BCUT2D eigenvalue weighted by Crippen LogP contribution is 2.28. The quantitative estimate of drug-likeness (QED) is 0.589. The summed E-state index contributed by atoms with van der Waals surface area (Å²) in [6.07, 6.45) is 2.70. The molecule has 1 saturated heterocycles. The van der Waals surface area contributed by atoms with Crippen LogP contribution in [0.5, 0.6) is 6.01 Å². The second kappa shape index (κ2) is 5.98. The number of aromatic nitrogens is 3. The van der Waals surface area contributed by atoms with Crippen molar-refractivity contribution in [2.24, 2.45) is 5.84 Å². The van der Waals surface area contributed by atoms with Crippen molar-refractivity contribution < 1.29 is 4.74 Å².